The summed E-state index contributed by atoms with van der Waals surface area (Å²) in [7, 11) is 0. The van der Waals surface area contributed by atoms with Crippen molar-refractivity contribution in [1.82, 2.24) is 10.2 Å². The maximum atomic E-state index is 12.5. The van der Waals surface area contributed by atoms with Crippen molar-refractivity contribution in [3.8, 4) is 0 Å². The molecule has 1 atom stereocenters. The average molecular weight is 284 g/mol. The Balaban J connectivity index is 2.19. The Morgan fingerprint density at radius 1 is 1.45 bits per heavy atom. The molecule has 1 aromatic rings. The van der Waals surface area contributed by atoms with Crippen molar-refractivity contribution in [1.29, 1.82) is 0 Å². The van der Waals surface area contributed by atoms with E-state index in [1.807, 2.05) is 24.3 Å². The Labute approximate surface area is 116 Å². The Kier molecular flexibility index (Phi) is 5.03. The zero-order chi connectivity index (χ0) is 14.5. The number of amides is 1. The van der Waals surface area contributed by atoms with Gasteiger partial charge in [-0.1, -0.05) is 24.3 Å². The van der Waals surface area contributed by atoms with Gasteiger partial charge < -0.3 is 15.3 Å². The van der Waals surface area contributed by atoms with Crippen LogP contribution in [0.25, 0.3) is 0 Å². The van der Waals surface area contributed by atoms with Gasteiger partial charge in [-0.15, -0.1) is 0 Å². The molecule has 0 radical (unpaired) electrons. The predicted molar refractivity (Wildman–Crippen MR) is 70.6 cm³/mol. The quantitative estimate of drug-likeness (QED) is 0.847. The molecule has 0 fully saturated rings. The molecule has 0 spiro atoms. The highest BCUT2D eigenvalue weighted by atomic mass is 19.3. The number of aliphatic hydroxyl groups excluding tert-OH is 1. The molecule has 2 rings (SSSR count). The molecule has 1 unspecified atom stereocenters. The van der Waals surface area contributed by atoms with E-state index in [1.54, 1.807) is 0 Å². The van der Waals surface area contributed by atoms with Gasteiger partial charge in [0.1, 0.15) is 0 Å². The summed E-state index contributed by atoms with van der Waals surface area (Å²) in [5, 5.41) is 12.1. The highest BCUT2D eigenvalue weighted by Gasteiger charge is 2.30. The third-order valence-corrected chi connectivity index (χ3v) is 3.43. The van der Waals surface area contributed by atoms with Gasteiger partial charge in [0.05, 0.1) is 19.1 Å². The molecule has 1 amide bonds. The molecule has 1 aliphatic rings. The lowest BCUT2D eigenvalue weighted by atomic mass is 9.90. The van der Waals surface area contributed by atoms with Crippen LogP contribution in [0.3, 0.4) is 0 Å². The van der Waals surface area contributed by atoms with Crippen molar-refractivity contribution in [3.63, 3.8) is 0 Å². The average Bonchev–Trinajstić information content (AvgIpc) is 2.45. The van der Waals surface area contributed by atoms with E-state index in [2.05, 4.69) is 5.32 Å². The van der Waals surface area contributed by atoms with Gasteiger partial charge in [0.2, 0.25) is 5.91 Å². The molecule has 0 saturated carbocycles. The van der Waals surface area contributed by atoms with E-state index >= 15 is 0 Å². The summed E-state index contributed by atoms with van der Waals surface area (Å²) in [6.07, 6.45) is -2.60. The Morgan fingerprint density at radius 2 is 2.20 bits per heavy atom. The first-order valence-corrected chi connectivity index (χ1v) is 6.59. The summed E-state index contributed by atoms with van der Waals surface area (Å²) >= 11 is 0. The van der Waals surface area contributed by atoms with Gasteiger partial charge in [-0.2, -0.15) is 0 Å². The van der Waals surface area contributed by atoms with Crippen LogP contribution in [0.1, 0.15) is 17.0 Å². The molecule has 2 N–H and O–H groups in total. The molecule has 0 aliphatic carbocycles. The van der Waals surface area contributed by atoms with Crippen molar-refractivity contribution in [2.45, 2.75) is 18.9 Å². The van der Waals surface area contributed by atoms with Crippen LogP contribution in [0.5, 0.6) is 0 Å². The molecule has 1 aromatic carbocycles. The number of fused-ring (bicyclic) bond motifs is 1. The second kappa shape index (κ2) is 6.76. The molecule has 0 bridgehead atoms. The number of carbonyl (C=O) groups is 1. The molecule has 1 aliphatic heterocycles. The number of nitrogens with zero attached hydrogens (tertiary/aromatic N) is 1. The lowest BCUT2D eigenvalue weighted by molar-refractivity contribution is -0.135. The first kappa shape index (κ1) is 14.9. The third kappa shape index (κ3) is 3.32. The van der Waals surface area contributed by atoms with Gasteiger partial charge >= 0.3 is 0 Å². The minimum atomic E-state index is -2.60. The van der Waals surface area contributed by atoms with E-state index in [9.17, 15) is 13.6 Å². The number of benzene rings is 1. The van der Waals surface area contributed by atoms with Gasteiger partial charge in [0.15, 0.2) is 0 Å². The Morgan fingerprint density at radius 3 is 2.90 bits per heavy atom. The van der Waals surface area contributed by atoms with Crippen molar-refractivity contribution in [3.05, 3.63) is 35.4 Å². The Hall–Kier alpha value is -1.53. The Bertz CT molecular complexity index is 468. The third-order valence-electron chi connectivity index (χ3n) is 3.43. The molecule has 0 saturated heterocycles. The van der Waals surface area contributed by atoms with Crippen LogP contribution in [0.15, 0.2) is 24.3 Å². The smallest absolute Gasteiger partial charge is 0.255 e. The fraction of sp³-hybridized carbons (Fsp3) is 0.500. The highest BCUT2D eigenvalue weighted by molar-refractivity contribution is 5.84. The fourth-order valence-corrected chi connectivity index (χ4v) is 2.52. The van der Waals surface area contributed by atoms with Gasteiger partial charge in [-0.25, -0.2) is 8.78 Å². The van der Waals surface area contributed by atoms with E-state index in [0.717, 1.165) is 16.0 Å². The summed E-state index contributed by atoms with van der Waals surface area (Å²) in [4.78, 5) is 13.5. The fourth-order valence-electron chi connectivity index (χ4n) is 2.52. The van der Waals surface area contributed by atoms with E-state index < -0.39 is 18.9 Å². The lowest BCUT2D eigenvalue weighted by Crippen LogP contribution is -2.44. The minimum Gasteiger partial charge on any atom is -0.395 e. The molecule has 20 heavy (non-hydrogen) atoms. The summed E-state index contributed by atoms with van der Waals surface area (Å²) in [6.45, 7) is 0.0793. The van der Waals surface area contributed by atoms with Gasteiger partial charge in [-0.3, -0.25) is 4.79 Å². The van der Waals surface area contributed by atoms with Crippen LogP contribution in [0, 0.1) is 0 Å². The number of aliphatic hydroxyl groups is 1. The maximum absolute atomic E-state index is 12.5. The van der Waals surface area contributed by atoms with Crippen LogP contribution >= 0.6 is 0 Å². The highest BCUT2D eigenvalue weighted by Crippen LogP contribution is 2.25. The summed E-state index contributed by atoms with van der Waals surface area (Å²) in [5.41, 5.74) is 1.89. The maximum Gasteiger partial charge on any atom is 0.255 e. The first-order chi connectivity index (χ1) is 9.63. The molecule has 110 valence electrons. The van der Waals surface area contributed by atoms with Crippen LogP contribution in [-0.2, 0) is 11.3 Å². The monoisotopic (exact) mass is 284 g/mol. The molecule has 0 aromatic heterocycles. The number of halogens is 2. The molecule has 6 heteroatoms. The van der Waals surface area contributed by atoms with Crippen LogP contribution in [-0.4, -0.2) is 48.6 Å². The number of carbonyl (C=O) groups excluding carboxylic acids is 1. The SMILES string of the molecule is O=C(C1CNCc2ccccc21)N(CCO)CC(F)F. The van der Waals surface area contributed by atoms with Crippen LogP contribution < -0.4 is 5.32 Å². The number of hydrogen-bond acceptors (Lipinski definition) is 3. The van der Waals surface area contributed by atoms with Crippen LogP contribution in [0.4, 0.5) is 8.78 Å². The molecular formula is C14H18F2N2O2. The minimum absolute atomic E-state index is 0.0676. The van der Waals surface area contributed by atoms with Crippen molar-refractivity contribution < 1.29 is 18.7 Å². The van der Waals surface area contributed by atoms with Crippen LogP contribution in [0.2, 0.25) is 0 Å². The van der Waals surface area contributed by atoms with Gasteiger partial charge in [0, 0.05) is 19.6 Å². The molecule has 4 nitrogen and oxygen atoms in total. The van der Waals surface area contributed by atoms with Crippen molar-refractivity contribution in [2.24, 2.45) is 0 Å². The topological polar surface area (TPSA) is 52.6 Å². The standard InChI is InChI=1S/C14H18F2N2O2/c15-13(16)9-18(5-6-19)14(20)12-8-17-7-10-3-1-2-4-11(10)12/h1-4,12-13,17,19H,5-9H2. The van der Waals surface area contributed by atoms with E-state index in [0.29, 0.717) is 13.1 Å². The normalized spacial score (nSPS) is 17.9. The molecular weight excluding hydrogens is 266 g/mol. The van der Waals surface area contributed by atoms with E-state index in [4.69, 9.17) is 5.11 Å². The largest absolute Gasteiger partial charge is 0.395 e. The lowest BCUT2D eigenvalue weighted by Gasteiger charge is -2.30. The second-order valence-corrected chi connectivity index (χ2v) is 4.78. The zero-order valence-corrected chi connectivity index (χ0v) is 11.1. The first-order valence-electron chi connectivity index (χ1n) is 6.59. The van der Waals surface area contributed by atoms with Gasteiger partial charge in [-0.05, 0) is 11.1 Å². The molecule has 1 heterocycles. The summed E-state index contributed by atoms with van der Waals surface area (Å²) in [6, 6.07) is 7.51. The number of alkyl halides is 2. The number of rotatable bonds is 5. The number of nitrogens with one attached hydrogen (secondary N) is 1. The summed E-state index contributed by atoms with van der Waals surface area (Å²) < 4.78 is 25.1. The van der Waals surface area contributed by atoms with E-state index in [1.165, 1.54) is 0 Å². The van der Waals surface area contributed by atoms with Crippen molar-refractivity contribution >= 4 is 5.91 Å². The van der Waals surface area contributed by atoms with Gasteiger partial charge in [0.25, 0.3) is 6.43 Å². The number of hydrogen-bond donors (Lipinski definition) is 2. The van der Waals surface area contributed by atoms with Crippen molar-refractivity contribution in [2.75, 3.05) is 26.2 Å². The summed E-state index contributed by atoms with van der Waals surface area (Å²) in [5.74, 6) is -0.829. The predicted octanol–water partition coefficient (Wildman–Crippen LogP) is 0.959. The second-order valence-electron chi connectivity index (χ2n) is 4.78. The zero-order valence-electron chi connectivity index (χ0n) is 11.1. The van der Waals surface area contributed by atoms with E-state index in [-0.39, 0.29) is 19.1 Å².